The van der Waals surface area contributed by atoms with E-state index in [0.29, 0.717) is 54.4 Å². The number of hydrogen-bond donors (Lipinski definition) is 7. The summed E-state index contributed by atoms with van der Waals surface area (Å²) in [7, 11) is 0. The Labute approximate surface area is 495 Å². The number of phenolic OH excluding ortho intramolecular Hbond substituents is 1. The van der Waals surface area contributed by atoms with Gasteiger partial charge in [-0.1, -0.05) is 117 Å². The molecule has 0 aromatic heterocycles. The average Bonchev–Trinajstić information content (AvgIpc) is 3.72. The molecule has 4 aromatic rings. The third-order valence-corrected chi connectivity index (χ3v) is 17.0. The number of carbonyl (C=O) groups excluding carboxylic acids is 10. The molecule has 4 aromatic carbocycles. The van der Waals surface area contributed by atoms with Crippen LogP contribution < -0.4 is 31.9 Å². The minimum atomic E-state index is -1.33. The van der Waals surface area contributed by atoms with Gasteiger partial charge in [0.2, 0.25) is 59.1 Å². The quantitative estimate of drug-likeness (QED) is 0.128. The van der Waals surface area contributed by atoms with Crippen LogP contribution in [0.25, 0.3) is 0 Å². The molecule has 85 heavy (non-hydrogen) atoms. The fourth-order valence-corrected chi connectivity index (χ4v) is 12.4. The molecule has 5 aliphatic rings. The third kappa shape index (κ3) is 14.8. The Morgan fingerprint density at radius 3 is 1.14 bits per heavy atom. The van der Waals surface area contributed by atoms with Crippen LogP contribution in [0.15, 0.2) is 115 Å². The summed E-state index contributed by atoms with van der Waals surface area (Å²) in [4.78, 5) is 153. The highest BCUT2D eigenvalue weighted by Crippen LogP contribution is 2.29. The smallest absolute Gasteiger partial charge is 0.246 e. The maximum Gasteiger partial charge on any atom is 0.246 e. The second kappa shape index (κ2) is 27.8. The van der Waals surface area contributed by atoms with Crippen molar-refractivity contribution in [3.05, 3.63) is 138 Å². The monoisotopic (exact) mass is 1160 g/mol. The van der Waals surface area contributed by atoms with Gasteiger partial charge in [0, 0.05) is 51.9 Å². The van der Waals surface area contributed by atoms with E-state index in [-0.39, 0.29) is 76.9 Å². The van der Waals surface area contributed by atoms with Crippen LogP contribution in [0.3, 0.4) is 0 Å². The molecule has 0 unspecified atom stereocenters. The zero-order valence-corrected chi connectivity index (χ0v) is 48.5. The predicted octanol–water partition coefficient (Wildman–Crippen LogP) is 2.23. The predicted molar refractivity (Wildman–Crippen MR) is 313 cm³/mol. The first-order valence-corrected chi connectivity index (χ1v) is 29.9. The number of phenols is 1. The fourth-order valence-electron chi connectivity index (χ4n) is 12.4. The fraction of sp³-hybridized carbons (Fsp3) is 0.469. The SMILES string of the molecule is CC(C)[C@@H]1NC(=O)[C@H](Cc2ccccc2)NC(=O)[C@H](Cc2ccc(O)cc2)NC(=O)[C@@H]2CCCN2C(=O)[C@@H]2CCCN2C(=O)[C@H](Cc2ccccc2)NC(=O)[C@H](Cc2ccccc2)NC(=O)[C@H](C)NC(=O)[C@@H]2CCCN2C(=O)[C@@H]2CCCN2C1=O. The zero-order valence-electron chi connectivity index (χ0n) is 48.5. The molecular formula is C64H78N10O11. The first-order chi connectivity index (χ1) is 40.9. The first-order valence-electron chi connectivity index (χ1n) is 29.9. The van der Waals surface area contributed by atoms with Gasteiger partial charge in [0.05, 0.1) is 0 Å². The molecule has 10 amide bonds. The van der Waals surface area contributed by atoms with Gasteiger partial charge in [-0.05, 0) is 98.6 Å². The second-order valence-corrected chi connectivity index (χ2v) is 23.4. The van der Waals surface area contributed by atoms with Crippen molar-refractivity contribution in [3.8, 4) is 5.75 Å². The Bertz CT molecular complexity index is 3080. The van der Waals surface area contributed by atoms with Gasteiger partial charge in [-0.3, -0.25) is 47.9 Å². The van der Waals surface area contributed by atoms with Gasteiger partial charge < -0.3 is 56.6 Å². The summed E-state index contributed by atoms with van der Waals surface area (Å²) < 4.78 is 0. The highest BCUT2D eigenvalue weighted by Gasteiger charge is 2.47. The lowest BCUT2D eigenvalue weighted by Crippen LogP contribution is -2.61. The van der Waals surface area contributed by atoms with Gasteiger partial charge in [-0.2, -0.15) is 0 Å². The minimum Gasteiger partial charge on any atom is -0.508 e. The maximum atomic E-state index is 15.1. The van der Waals surface area contributed by atoms with Crippen molar-refractivity contribution in [3.63, 3.8) is 0 Å². The van der Waals surface area contributed by atoms with Crippen molar-refractivity contribution in [1.82, 2.24) is 51.5 Å². The van der Waals surface area contributed by atoms with E-state index < -0.39 is 125 Å². The molecule has 0 radical (unpaired) electrons. The normalized spacial score (nSPS) is 27.2. The Balaban J connectivity index is 1.06. The average molecular weight is 1160 g/mol. The van der Waals surface area contributed by atoms with Gasteiger partial charge in [-0.25, -0.2) is 0 Å². The van der Waals surface area contributed by atoms with Crippen molar-refractivity contribution < 1.29 is 53.1 Å². The molecule has 0 bridgehead atoms. The van der Waals surface area contributed by atoms with Gasteiger partial charge in [0.15, 0.2) is 0 Å². The molecule has 5 aliphatic heterocycles. The van der Waals surface area contributed by atoms with Crippen LogP contribution in [0.5, 0.6) is 5.75 Å². The lowest BCUT2D eigenvalue weighted by molar-refractivity contribution is -0.148. The van der Waals surface area contributed by atoms with E-state index >= 15 is 4.79 Å². The van der Waals surface area contributed by atoms with Crippen molar-refractivity contribution in [2.24, 2.45) is 5.92 Å². The lowest BCUT2D eigenvalue weighted by Gasteiger charge is -2.35. The van der Waals surface area contributed by atoms with Crippen molar-refractivity contribution in [2.75, 3.05) is 26.2 Å². The number of nitrogens with one attached hydrogen (secondary N) is 6. The van der Waals surface area contributed by atoms with E-state index in [4.69, 9.17) is 0 Å². The molecular weight excluding hydrogens is 1080 g/mol. The topological polar surface area (TPSA) is 276 Å². The lowest BCUT2D eigenvalue weighted by atomic mass is 9.99. The van der Waals surface area contributed by atoms with Crippen LogP contribution in [0.2, 0.25) is 0 Å². The molecule has 0 aliphatic carbocycles. The summed E-state index contributed by atoms with van der Waals surface area (Å²) in [6.45, 7) is 5.74. The summed E-state index contributed by atoms with van der Waals surface area (Å²) >= 11 is 0. The number of rotatable bonds is 9. The van der Waals surface area contributed by atoms with Gasteiger partial charge in [-0.15, -0.1) is 0 Å². The maximum absolute atomic E-state index is 15.1. The van der Waals surface area contributed by atoms with Gasteiger partial charge in [0.1, 0.15) is 66.2 Å². The van der Waals surface area contributed by atoms with E-state index in [1.165, 1.54) is 38.7 Å². The van der Waals surface area contributed by atoms with Crippen LogP contribution in [-0.2, 0) is 73.6 Å². The number of hydrogen-bond acceptors (Lipinski definition) is 11. The molecule has 10 atom stereocenters. The second-order valence-electron chi connectivity index (χ2n) is 23.4. The summed E-state index contributed by atoms with van der Waals surface area (Å²) in [5, 5.41) is 27.4. The number of nitrogens with zero attached hydrogens (tertiary/aromatic N) is 4. The van der Waals surface area contributed by atoms with E-state index in [1.807, 2.05) is 24.3 Å². The van der Waals surface area contributed by atoms with Crippen LogP contribution in [0.4, 0.5) is 0 Å². The van der Waals surface area contributed by atoms with E-state index in [9.17, 15) is 48.3 Å². The van der Waals surface area contributed by atoms with E-state index in [0.717, 1.165) is 0 Å². The summed E-state index contributed by atoms with van der Waals surface area (Å²) in [5.41, 5.74) is 2.64. The number of aromatic hydroxyl groups is 1. The molecule has 0 saturated carbocycles. The number of carbonyl (C=O) groups is 10. The molecule has 0 spiro atoms. The summed E-state index contributed by atoms with van der Waals surface area (Å²) in [6, 6.07) is 21.6. The van der Waals surface area contributed by atoms with Crippen molar-refractivity contribution in [2.45, 2.75) is 158 Å². The summed E-state index contributed by atoms with van der Waals surface area (Å²) in [5.74, 6) is -6.59. The number of fused-ring (bicyclic) bond motifs is 4. The molecule has 5 saturated heterocycles. The number of benzene rings is 4. The largest absolute Gasteiger partial charge is 0.508 e. The van der Waals surface area contributed by atoms with Crippen LogP contribution in [0.1, 0.15) is 94.4 Å². The highest BCUT2D eigenvalue weighted by molar-refractivity contribution is 6.00. The molecule has 450 valence electrons. The zero-order chi connectivity index (χ0) is 60.3. The molecule has 5 heterocycles. The summed E-state index contributed by atoms with van der Waals surface area (Å²) in [6.07, 6.45) is 2.80. The van der Waals surface area contributed by atoms with Gasteiger partial charge in [0.25, 0.3) is 0 Å². The molecule has 21 heteroatoms. The van der Waals surface area contributed by atoms with Gasteiger partial charge >= 0.3 is 0 Å². The molecule has 5 fully saturated rings. The standard InChI is InChI=1S/C64H78N10O11/c1-39(2)54-64(85)74-34-16-26-53(74)63(84)71-31-13-23-50(71)59(80)65-40(3)55(76)66-46(35-41-17-7-4-8-18-41)57(78)69-49(38-43-21-11-6-12-22-43)61(82)73-33-15-25-52(73)62(83)72-32-14-24-51(72)60(81)68-47(37-44-27-29-45(75)30-28-44)56(77)67-48(58(79)70-54)36-42-19-9-5-10-20-42/h4-12,17-22,27-30,39-40,46-54,75H,13-16,23-26,31-38H2,1-3H3,(H,65,80)(H,66,76)(H,67,77)(H,68,81)(H,69,78)(H,70,79)/t40-,46-,47-,48-,49-,50-,51-,52-,53-,54-/m0/s1. The number of amides is 10. The third-order valence-electron chi connectivity index (χ3n) is 17.0. The van der Waals surface area contributed by atoms with Crippen molar-refractivity contribution >= 4 is 59.1 Å². The van der Waals surface area contributed by atoms with Crippen LogP contribution in [0, 0.1) is 5.92 Å². The Hall–Kier alpha value is -8.62. The Kier molecular flexibility index (Phi) is 20.0. The van der Waals surface area contributed by atoms with E-state index in [1.54, 1.807) is 92.7 Å². The first kappa shape index (κ1) is 61.0. The molecule has 7 N–H and O–H groups in total. The highest BCUT2D eigenvalue weighted by atomic mass is 16.3. The van der Waals surface area contributed by atoms with Crippen molar-refractivity contribution in [1.29, 1.82) is 0 Å². The Morgan fingerprint density at radius 2 is 0.706 bits per heavy atom. The van der Waals surface area contributed by atoms with Crippen LogP contribution >= 0.6 is 0 Å². The minimum absolute atomic E-state index is 0.00312. The molecule has 21 nitrogen and oxygen atoms in total. The van der Waals surface area contributed by atoms with E-state index in [2.05, 4.69) is 31.9 Å². The molecule has 9 rings (SSSR count). The van der Waals surface area contributed by atoms with Crippen LogP contribution in [-0.4, -0.2) is 170 Å². The Morgan fingerprint density at radius 1 is 0.376 bits per heavy atom.